The van der Waals surface area contributed by atoms with Crippen molar-refractivity contribution in [1.29, 1.82) is 0 Å². The fourth-order valence-electron chi connectivity index (χ4n) is 2.82. The van der Waals surface area contributed by atoms with Gasteiger partial charge in [-0.15, -0.1) is 0 Å². The molecule has 0 aliphatic heterocycles. The number of esters is 1. The molecular weight excluding hydrogens is 376 g/mol. The Labute approximate surface area is 169 Å². The minimum Gasteiger partial charge on any atom is -0.465 e. The third-order valence-corrected chi connectivity index (χ3v) is 4.51. The molecule has 1 N–H and O–H groups in total. The van der Waals surface area contributed by atoms with Gasteiger partial charge in [-0.25, -0.2) is 9.78 Å². The first kappa shape index (κ1) is 19.6. The topological polar surface area (TPSA) is 67.4 Å². The normalized spacial score (nSPS) is 10.4. The summed E-state index contributed by atoms with van der Waals surface area (Å²) in [7, 11) is 1.33. The average Bonchev–Trinajstić information content (AvgIpc) is 2.70. The van der Waals surface area contributed by atoms with Crippen molar-refractivity contribution in [3.8, 4) is 0 Å². The maximum Gasteiger partial charge on any atom is 0.337 e. The Morgan fingerprint density at radius 1 is 1.21 bits per heavy atom. The molecule has 7 heteroatoms. The molecule has 2 aromatic carbocycles. The van der Waals surface area contributed by atoms with Gasteiger partial charge in [0.1, 0.15) is 5.82 Å². The van der Waals surface area contributed by atoms with Crippen LogP contribution in [0.25, 0.3) is 0 Å². The van der Waals surface area contributed by atoms with Crippen molar-refractivity contribution in [2.75, 3.05) is 23.9 Å². The monoisotopic (exact) mass is 396 g/mol. The number of halogens is 1. The molecule has 28 heavy (non-hydrogen) atoms. The van der Waals surface area contributed by atoms with E-state index in [-0.39, 0.29) is 0 Å². The van der Waals surface area contributed by atoms with E-state index in [1.807, 2.05) is 18.2 Å². The number of ether oxygens (including phenoxy) is 1. The van der Waals surface area contributed by atoms with Gasteiger partial charge in [0.05, 0.1) is 23.4 Å². The predicted octanol–water partition coefficient (Wildman–Crippen LogP) is 5.13. The Morgan fingerprint density at radius 3 is 2.75 bits per heavy atom. The minimum absolute atomic E-state index is 0.382. The van der Waals surface area contributed by atoms with Gasteiger partial charge in [-0.3, -0.25) is 0 Å². The van der Waals surface area contributed by atoms with Gasteiger partial charge in [-0.2, -0.15) is 4.98 Å². The zero-order chi connectivity index (χ0) is 20.1. The Balaban J connectivity index is 1.90. The Bertz CT molecular complexity index is 994. The summed E-state index contributed by atoms with van der Waals surface area (Å²) in [6, 6.07) is 14.9. The van der Waals surface area contributed by atoms with Crippen LogP contribution >= 0.6 is 11.6 Å². The highest BCUT2D eigenvalue weighted by Gasteiger charge is 2.13. The largest absolute Gasteiger partial charge is 0.465 e. The molecule has 144 valence electrons. The van der Waals surface area contributed by atoms with Crippen LogP contribution in [0.4, 0.5) is 23.1 Å². The second kappa shape index (κ2) is 8.71. The van der Waals surface area contributed by atoms with Gasteiger partial charge >= 0.3 is 5.97 Å². The molecule has 1 aromatic heterocycles. The molecule has 0 amide bonds. The van der Waals surface area contributed by atoms with E-state index < -0.39 is 5.97 Å². The molecular formula is C21H21ClN4O2. The molecule has 3 aromatic rings. The summed E-state index contributed by atoms with van der Waals surface area (Å²) < 4.78 is 4.76. The maximum absolute atomic E-state index is 11.8. The number of hydrogen-bond donors (Lipinski definition) is 1. The number of methoxy groups -OCH3 is 1. The van der Waals surface area contributed by atoms with E-state index in [4.69, 9.17) is 16.3 Å². The highest BCUT2D eigenvalue weighted by molar-refractivity contribution is 6.33. The van der Waals surface area contributed by atoms with Crippen molar-refractivity contribution in [1.82, 2.24) is 9.97 Å². The standard InChI is InChI=1S/C21H21ClN4O2/c1-4-26(16-7-5-6-14(2)12-16)19-10-11-23-21(25-19)24-18-13-15(20(27)28-3)8-9-17(18)22/h5-13H,4H2,1-3H3,(H,23,24,25). The Hall–Kier alpha value is -3.12. The summed E-state index contributed by atoms with van der Waals surface area (Å²) in [5.41, 5.74) is 3.15. The first-order chi connectivity index (χ1) is 13.5. The van der Waals surface area contributed by atoms with Crippen LogP contribution in [0, 0.1) is 6.92 Å². The Kier molecular flexibility index (Phi) is 6.11. The number of carbonyl (C=O) groups excluding carboxylic acids is 1. The molecule has 0 aliphatic carbocycles. The van der Waals surface area contributed by atoms with Crippen molar-refractivity contribution in [3.05, 3.63) is 70.9 Å². The van der Waals surface area contributed by atoms with Gasteiger partial charge < -0.3 is 15.0 Å². The van der Waals surface area contributed by atoms with E-state index >= 15 is 0 Å². The number of rotatable bonds is 6. The fraction of sp³-hybridized carbons (Fsp3) is 0.190. The molecule has 0 saturated heterocycles. The molecule has 3 rings (SSSR count). The Morgan fingerprint density at radius 2 is 2.04 bits per heavy atom. The van der Waals surface area contributed by atoms with Crippen LogP contribution in [0.3, 0.4) is 0 Å². The lowest BCUT2D eigenvalue weighted by molar-refractivity contribution is 0.0601. The number of benzene rings is 2. The second-order valence-electron chi connectivity index (χ2n) is 6.13. The van der Waals surface area contributed by atoms with Gasteiger partial charge in [0, 0.05) is 18.4 Å². The summed E-state index contributed by atoms with van der Waals surface area (Å²) in [5.74, 6) is 0.698. The lowest BCUT2D eigenvalue weighted by atomic mass is 10.2. The van der Waals surface area contributed by atoms with Gasteiger partial charge in [0.25, 0.3) is 0 Å². The van der Waals surface area contributed by atoms with Gasteiger partial charge in [0.2, 0.25) is 5.95 Å². The number of nitrogens with zero attached hydrogens (tertiary/aromatic N) is 3. The van der Waals surface area contributed by atoms with Crippen molar-refractivity contribution in [2.24, 2.45) is 0 Å². The van der Waals surface area contributed by atoms with Gasteiger partial charge in [-0.1, -0.05) is 23.7 Å². The zero-order valence-corrected chi connectivity index (χ0v) is 16.7. The first-order valence-corrected chi connectivity index (χ1v) is 9.21. The third-order valence-electron chi connectivity index (χ3n) is 4.18. The van der Waals surface area contributed by atoms with E-state index in [1.54, 1.807) is 24.4 Å². The average molecular weight is 397 g/mol. The van der Waals surface area contributed by atoms with Crippen molar-refractivity contribution < 1.29 is 9.53 Å². The molecule has 0 radical (unpaired) electrons. The summed E-state index contributed by atoms with van der Waals surface area (Å²) in [6.45, 7) is 4.87. The van der Waals surface area contributed by atoms with Gasteiger partial charge in [-0.05, 0) is 55.8 Å². The van der Waals surface area contributed by atoms with E-state index in [0.717, 1.165) is 18.1 Å². The highest BCUT2D eigenvalue weighted by Crippen LogP contribution is 2.28. The quantitative estimate of drug-likeness (QED) is 0.583. The van der Waals surface area contributed by atoms with E-state index in [1.165, 1.54) is 12.7 Å². The fourth-order valence-corrected chi connectivity index (χ4v) is 2.98. The number of aryl methyl sites for hydroxylation is 1. The molecule has 0 saturated carbocycles. The number of hydrogen-bond acceptors (Lipinski definition) is 6. The smallest absolute Gasteiger partial charge is 0.337 e. The molecule has 0 spiro atoms. The zero-order valence-electron chi connectivity index (χ0n) is 15.9. The summed E-state index contributed by atoms with van der Waals surface area (Å²) in [4.78, 5) is 22.7. The highest BCUT2D eigenvalue weighted by atomic mass is 35.5. The lowest BCUT2D eigenvalue weighted by Gasteiger charge is -2.23. The van der Waals surface area contributed by atoms with E-state index in [2.05, 4.69) is 46.2 Å². The lowest BCUT2D eigenvalue weighted by Crippen LogP contribution is -2.18. The summed E-state index contributed by atoms with van der Waals surface area (Å²) >= 11 is 6.26. The summed E-state index contributed by atoms with van der Waals surface area (Å²) in [5, 5.41) is 3.54. The first-order valence-electron chi connectivity index (χ1n) is 8.84. The number of anilines is 4. The number of carbonyl (C=O) groups is 1. The van der Waals surface area contributed by atoms with Crippen LogP contribution in [-0.2, 0) is 4.74 Å². The van der Waals surface area contributed by atoms with E-state index in [0.29, 0.717) is 22.2 Å². The maximum atomic E-state index is 11.8. The SMILES string of the molecule is CCN(c1cccc(C)c1)c1ccnc(Nc2cc(C(=O)OC)ccc2Cl)n1. The molecule has 0 bridgehead atoms. The van der Waals surface area contributed by atoms with Crippen molar-refractivity contribution in [3.63, 3.8) is 0 Å². The van der Waals surface area contributed by atoms with E-state index in [9.17, 15) is 4.79 Å². The predicted molar refractivity (Wildman–Crippen MR) is 112 cm³/mol. The van der Waals surface area contributed by atoms with Crippen LogP contribution in [0.2, 0.25) is 5.02 Å². The molecule has 0 aliphatic rings. The minimum atomic E-state index is -0.439. The molecule has 6 nitrogen and oxygen atoms in total. The number of aromatic nitrogens is 2. The van der Waals surface area contributed by atoms with Crippen LogP contribution in [-0.4, -0.2) is 29.6 Å². The molecule has 0 fully saturated rings. The molecule has 0 atom stereocenters. The van der Waals surface area contributed by atoms with Gasteiger partial charge in [0.15, 0.2) is 0 Å². The molecule has 0 unspecified atom stereocenters. The van der Waals surface area contributed by atoms with Crippen LogP contribution in [0.5, 0.6) is 0 Å². The van der Waals surface area contributed by atoms with Crippen molar-refractivity contribution in [2.45, 2.75) is 13.8 Å². The second-order valence-corrected chi connectivity index (χ2v) is 6.54. The summed E-state index contributed by atoms with van der Waals surface area (Å²) in [6.07, 6.45) is 1.68. The number of nitrogens with one attached hydrogen (secondary N) is 1. The van der Waals surface area contributed by atoms with Crippen LogP contribution in [0.15, 0.2) is 54.7 Å². The van der Waals surface area contributed by atoms with Crippen LogP contribution < -0.4 is 10.2 Å². The van der Waals surface area contributed by atoms with Crippen molar-refractivity contribution >= 4 is 40.7 Å². The van der Waals surface area contributed by atoms with Crippen LogP contribution in [0.1, 0.15) is 22.8 Å². The molecule has 1 heterocycles. The third kappa shape index (κ3) is 4.40.